The zero-order valence-corrected chi connectivity index (χ0v) is 13.8. The number of rotatable bonds is 3. The van der Waals surface area contributed by atoms with Gasteiger partial charge >= 0.3 is 0 Å². The van der Waals surface area contributed by atoms with Gasteiger partial charge < -0.3 is 4.57 Å². The Kier molecular flexibility index (Phi) is 3.89. The zero-order valence-electron chi connectivity index (χ0n) is 13.0. The predicted molar refractivity (Wildman–Crippen MR) is 96.5 cm³/mol. The van der Waals surface area contributed by atoms with Crippen LogP contribution in [-0.4, -0.2) is 15.7 Å². The number of halogens is 1. The Labute approximate surface area is 147 Å². The van der Waals surface area contributed by atoms with E-state index < -0.39 is 0 Å². The number of benzene rings is 2. The first-order chi connectivity index (χ1) is 12.1. The van der Waals surface area contributed by atoms with Gasteiger partial charge in [-0.1, -0.05) is 30.3 Å². The Morgan fingerprint density at radius 2 is 1.92 bits per heavy atom. The maximum Gasteiger partial charge on any atom is 0.290 e. The topological polar surface area (TPSA) is 51.1 Å². The van der Waals surface area contributed by atoms with Crippen molar-refractivity contribution in [3.05, 3.63) is 76.6 Å². The van der Waals surface area contributed by atoms with Crippen molar-refractivity contribution >= 4 is 39.9 Å². The third-order valence-corrected chi connectivity index (χ3v) is 4.89. The lowest BCUT2D eigenvalue weighted by Crippen LogP contribution is -2.17. The second-order valence-corrected chi connectivity index (χ2v) is 6.68. The lowest BCUT2D eigenvalue weighted by atomic mass is 10.1. The predicted octanol–water partition coefficient (Wildman–Crippen LogP) is 4.15. The Balaban J connectivity index is 1.74. The van der Waals surface area contributed by atoms with E-state index in [1.54, 1.807) is 18.2 Å². The molecule has 0 unspecified atom stereocenters. The van der Waals surface area contributed by atoms with Crippen LogP contribution in [0.2, 0.25) is 0 Å². The Morgan fingerprint density at radius 3 is 2.68 bits per heavy atom. The molecule has 2 heterocycles. The summed E-state index contributed by atoms with van der Waals surface area (Å²) in [7, 11) is 0. The minimum atomic E-state index is -0.377. The molecule has 1 aliphatic rings. The molecule has 0 bridgehead atoms. The Hall–Kier alpha value is -2.86. The van der Waals surface area contributed by atoms with Crippen molar-refractivity contribution in [1.82, 2.24) is 9.88 Å². The highest BCUT2D eigenvalue weighted by molar-refractivity contribution is 8.18. The van der Waals surface area contributed by atoms with Gasteiger partial charge in [0.2, 0.25) is 0 Å². The molecular weight excluding hydrogens is 339 g/mol. The second kappa shape index (κ2) is 6.22. The Morgan fingerprint density at radius 1 is 1.08 bits per heavy atom. The molecule has 4 rings (SSSR count). The minimum Gasteiger partial charge on any atom is -0.343 e. The summed E-state index contributed by atoms with van der Waals surface area (Å²) in [5, 5.41) is 2.83. The van der Waals surface area contributed by atoms with E-state index in [-0.39, 0.29) is 17.0 Å². The number of amides is 2. The largest absolute Gasteiger partial charge is 0.343 e. The summed E-state index contributed by atoms with van der Waals surface area (Å²) < 4.78 is 15.9. The van der Waals surface area contributed by atoms with Gasteiger partial charge in [0, 0.05) is 22.7 Å². The van der Waals surface area contributed by atoms with Crippen LogP contribution in [0.25, 0.3) is 17.0 Å². The molecule has 0 radical (unpaired) electrons. The van der Waals surface area contributed by atoms with Crippen LogP contribution in [0.5, 0.6) is 0 Å². The van der Waals surface area contributed by atoms with Gasteiger partial charge in [0.05, 0.1) is 11.4 Å². The molecule has 25 heavy (non-hydrogen) atoms. The van der Waals surface area contributed by atoms with Crippen molar-refractivity contribution in [2.45, 2.75) is 6.54 Å². The van der Waals surface area contributed by atoms with Crippen LogP contribution in [0, 0.1) is 5.82 Å². The van der Waals surface area contributed by atoms with Crippen molar-refractivity contribution < 1.29 is 14.0 Å². The third kappa shape index (κ3) is 2.96. The molecule has 4 nitrogen and oxygen atoms in total. The number of nitrogens with one attached hydrogen (secondary N) is 1. The van der Waals surface area contributed by atoms with Crippen molar-refractivity contribution in [3.63, 3.8) is 0 Å². The molecule has 2 amide bonds. The molecule has 124 valence electrons. The summed E-state index contributed by atoms with van der Waals surface area (Å²) in [6.45, 7) is 0.421. The van der Waals surface area contributed by atoms with Gasteiger partial charge in [-0.25, -0.2) is 4.39 Å². The monoisotopic (exact) mass is 352 g/mol. The summed E-state index contributed by atoms with van der Waals surface area (Å²) >= 11 is 0.894. The van der Waals surface area contributed by atoms with Crippen LogP contribution in [0.15, 0.2) is 59.6 Å². The maximum atomic E-state index is 13.9. The zero-order chi connectivity index (χ0) is 17.4. The van der Waals surface area contributed by atoms with Gasteiger partial charge in [0.1, 0.15) is 5.82 Å². The number of hydrogen-bond donors (Lipinski definition) is 1. The lowest BCUT2D eigenvalue weighted by molar-refractivity contribution is -0.115. The van der Waals surface area contributed by atoms with Crippen molar-refractivity contribution in [3.8, 4) is 0 Å². The first-order valence-electron chi connectivity index (χ1n) is 7.68. The maximum absolute atomic E-state index is 13.9. The molecule has 0 atom stereocenters. The molecule has 1 aliphatic heterocycles. The van der Waals surface area contributed by atoms with Gasteiger partial charge in [-0.15, -0.1) is 0 Å². The molecule has 3 aromatic rings. The number of imide groups is 1. The van der Waals surface area contributed by atoms with E-state index in [1.807, 2.05) is 41.1 Å². The SMILES string of the molecule is O=C1NC(=O)C(=Cc2cccc3c2ccn3Cc2ccccc2F)S1. The highest BCUT2D eigenvalue weighted by Gasteiger charge is 2.25. The summed E-state index contributed by atoms with van der Waals surface area (Å²) in [6.07, 6.45) is 3.60. The fourth-order valence-corrected chi connectivity index (χ4v) is 3.56. The number of fused-ring (bicyclic) bond motifs is 1. The number of thioether (sulfide) groups is 1. The average Bonchev–Trinajstić information content (AvgIpc) is 3.14. The normalized spacial score (nSPS) is 16.0. The van der Waals surface area contributed by atoms with Gasteiger partial charge in [-0.2, -0.15) is 0 Å². The van der Waals surface area contributed by atoms with E-state index in [0.29, 0.717) is 17.0 Å². The van der Waals surface area contributed by atoms with E-state index in [2.05, 4.69) is 5.32 Å². The van der Waals surface area contributed by atoms with E-state index in [4.69, 9.17) is 0 Å². The molecular formula is C19H13FN2O2S. The summed E-state index contributed by atoms with van der Waals surface area (Å²) in [5.74, 6) is -0.613. The van der Waals surface area contributed by atoms with Crippen LogP contribution in [0.1, 0.15) is 11.1 Å². The van der Waals surface area contributed by atoms with E-state index in [0.717, 1.165) is 28.2 Å². The molecule has 0 spiro atoms. The molecule has 1 N–H and O–H groups in total. The van der Waals surface area contributed by atoms with Crippen molar-refractivity contribution in [2.75, 3.05) is 0 Å². The van der Waals surface area contributed by atoms with Crippen LogP contribution >= 0.6 is 11.8 Å². The number of carbonyl (C=O) groups excluding carboxylic acids is 2. The highest BCUT2D eigenvalue weighted by Crippen LogP contribution is 2.29. The highest BCUT2D eigenvalue weighted by atomic mass is 32.2. The number of carbonyl (C=O) groups is 2. The van der Waals surface area contributed by atoms with E-state index >= 15 is 0 Å². The molecule has 2 aromatic carbocycles. The average molecular weight is 352 g/mol. The fourth-order valence-electron chi connectivity index (χ4n) is 2.88. The van der Waals surface area contributed by atoms with Crippen LogP contribution in [0.3, 0.4) is 0 Å². The van der Waals surface area contributed by atoms with Crippen molar-refractivity contribution in [1.29, 1.82) is 0 Å². The smallest absolute Gasteiger partial charge is 0.290 e. The van der Waals surface area contributed by atoms with Gasteiger partial charge in [0.25, 0.3) is 11.1 Å². The van der Waals surface area contributed by atoms with Crippen molar-refractivity contribution in [2.24, 2.45) is 0 Å². The van der Waals surface area contributed by atoms with Crippen LogP contribution in [0.4, 0.5) is 9.18 Å². The Bertz CT molecular complexity index is 1040. The standard InChI is InChI=1S/C19H13FN2O2S/c20-15-6-2-1-4-13(15)11-22-9-8-14-12(5-3-7-16(14)22)10-17-18(23)21-19(24)25-17/h1-10H,11H2,(H,21,23,24). The summed E-state index contributed by atoms with van der Waals surface area (Å²) in [5.41, 5.74) is 2.39. The van der Waals surface area contributed by atoms with Gasteiger partial charge in [-0.3, -0.25) is 14.9 Å². The number of nitrogens with zero attached hydrogens (tertiary/aromatic N) is 1. The lowest BCUT2D eigenvalue weighted by Gasteiger charge is -2.07. The molecule has 1 saturated heterocycles. The first kappa shape index (κ1) is 15.7. The second-order valence-electron chi connectivity index (χ2n) is 5.67. The molecule has 1 fully saturated rings. The third-order valence-electron chi connectivity index (χ3n) is 4.07. The molecule has 6 heteroatoms. The first-order valence-corrected chi connectivity index (χ1v) is 8.49. The molecule has 0 saturated carbocycles. The van der Waals surface area contributed by atoms with Crippen LogP contribution in [-0.2, 0) is 11.3 Å². The summed E-state index contributed by atoms with van der Waals surface area (Å²) in [6, 6.07) is 14.3. The summed E-state index contributed by atoms with van der Waals surface area (Å²) in [4.78, 5) is 23.4. The van der Waals surface area contributed by atoms with Gasteiger partial charge in [0.15, 0.2) is 0 Å². The van der Waals surface area contributed by atoms with Crippen LogP contribution < -0.4 is 5.32 Å². The quantitative estimate of drug-likeness (QED) is 0.721. The van der Waals surface area contributed by atoms with E-state index in [1.165, 1.54) is 6.07 Å². The fraction of sp³-hybridized carbons (Fsp3) is 0.0526. The van der Waals surface area contributed by atoms with E-state index in [9.17, 15) is 14.0 Å². The molecule has 0 aliphatic carbocycles. The minimum absolute atomic E-state index is 0.236. The molecule has 1 aromatic heterocycles. The van der Waals surface area contributed by atoms with Gasteiger partial charge in [-0.05, 0) is 41.6 Å². The number of aromatic nitrogens is 1. The number of hydrogen-bond acceptors (Lipinski definition) is 3.